The second-order valence-corrected chi connectivity index (χ2v) is 6.80. The Labute approximate surface area is 139 Å². The minimum Gasteiger partial charge on any atom is -0.450 e. The van der Waals surface area contributed by atoms with Gasteiger partial charge in [0.1, 0.15) is 16.9 Å². The van der Waals surface area contributed by atoms with E-state index < -0.39 is 0 Å². The summed E-state index contributed by atoms with van der Waals surface area (Å²) in [5.74, 6) is 1.65. The van der Waals surface area contributed by atoms with E-state index in [0.29, 0.717) is 11.1 Å². The van der Waals surface area contributed by atoms with Gasteiger partial charge < -0.3 is 14.2 Å². The summed E-state index contributed by atoms with van der Waals surface area (Å²) in [5.41, 5.74) is 2.40. The van der Waals surface area contributed by atoms with Crippen LogP contribution in [0.2, 0.25) is 5.02 Å². The molecule has 0 spiro atoms. The summed E-state index contributed by atoms with van der Waals surface area (Å²) in [5, 5.41) is 1.63. The number of nitrogens with zero attached hydrogens (tertiary/aromatic N) is 4. The van der Waals surface area contributed by atoms with E-state index in [4.69, 9.17) is 16.0 Å². The predicted molar refractivity (Wildman–Crippen MR) is 93.4 cm³/mol. The van der Waals surface area contributed by atoms with Gasteiger partial charge in [0.2, 0.25) is 0 Å². The molecule has 0 N–H and O–H groups in total. The third-order valence-electron chi connectivity index (χ3n) is 4.56. The highest BCUT2D eigenvalue weighted by Gasteiger charge is 2.28. The fraction of sp³-hybridized carbons (Fsp3) is 0.412. The summed E-state index contributed by atoms with van der Waals surface area (Å²) in [4.78, 5) is 13.8. The smallest absolute Gasteiger partial charge is 0.196 e. The molecule has 0 unspecified atom stereocenters. The summed E-state index contributed by atoms with van der Waals surface area (Å²) < 4.78 is 6.06. The molecular formula is C17H19ClN4O. The van der Waals surface area contributed by atoms with Crippen LogP contribution in [0.4, 0.5) is 5.82 Å². The average molecular weight is 331 g/mol. The Morgan fingerprint density at radius 3 is 2.87 bits per heavy atom. The molecule has 3 aromatic rings. The topological polar surface area (TPSA) is 45.4 Å². The summed E-state index contributed by atoms with van der Waals surface area (Å²) in [7, 11) is 4.25. The van der Waals surface area contributed by atoms with Crippen molar-refractivity contribution in [3.05, 3.63) is 29.0 Å². The van der Waals surface area contributed by atoms with E-state index in [-0.39, 0.29) is 0 Å². The average Bonchev–Trinajstić information content (AvgIpc) is 3.11. The fourth-order valence-electron chi connectivity index (χ4n) is 3.28. The Balaban J connectivity index is 1.88. The summed E-state index contributed by atoms with van der Waals surface area (Å²) in [6.45, 7) is 3.86. The zero-order valence-electron chi connectivity index (χ0n) is 13.5. The van der Waals surface area contributed by atoms with Crippen LogP contribution in [0, 0.1) is 6.92 Å². The highest BCUT2D eigenvalue weighted by atomic mass is 35.5. The molecule has 2 aromatic heterocycles. The first kappa shape index (κ1) is 14.7. The Morgan fingerprint density at radius 1 is 1.30 bits per heavy atom. The van der Waals surface area contributed by atoms with E-state index in [2.05, 4.69) is 33.9 Å². The minimum atomic E-state index is 0.541. The monoisotopic (exact) mass is 330 g/mol. The predicted octanol–water partition coefficient (Wildman–Crippen LogP) is 3.48. The molecule has 0 bridgehead atoms. The molecule has 23 heavy (non-hydrogen) atoms. The number of aromatic nitrogens is 2. The second-order valence-electron chi connectivity index (χ2n) is 6.37. The highest BCUT2D eigenvalue weighted by Crippen LogP contribution is 2.35. The van der Waals surface area contributed by atoms with Crippen molar-refractivity contribution < 1.29 is 4.42 Å². The third-order valence-corrected chi connectivity index (χ3v) is 4.80. The van der Waals surface area contributed by atoms with Gasteiger partial charge in [0.25, 0.3) is 0 Å². The first-order valence-corrected chi connectivity index (χ1v) is 8.18. The first-order chi connectivity index (χ1) is 11.0. The van der Waals surface area contributed by atoms with E-state index in [1.165, 1.54) is 0 Å². The maximum atomic E-state index is 6.14. The molecule has 6 heteroatoms. The molecule has 120 valence electrons. The number of hydrogen-bond acceptors (Lipinski definition) is 5. The normalized spacial score (nSPS) is 18.7. The lowest BCUT2D eigenvalue weighted by molar-refractivity contribution is 0.315. The molecule has 0 amide bonds. The van der Waals surface area contributed by atoms with Gasteiger partial charge in [-0.15, -0.1) is 0 Å². The van der Waals surface area contributed by atoms with Crippen molar-refractivity contribution in [1.29, 1.82) is 0 Å². The van der Waals surface area contributed by atoms with Crippen LogP contribution in [-0.2, 0) is 0 Å². The van der Waals surface area contributed by atoms with Crippen molar-refractivity contribution in [3.8, 4) is 0 Å². The molecule has 3 heterocycles. The summed E-state index contributed by atoms with van der Waals surface area (Å²) in [6, 6.07) is 6.18. The van der Waals surface area contributed by atoms with Gasteiger partial charge >= 0.3 is 0 Å². The number of hydrogen-bond donors (Lipinski definition) is 0. The molecule has 4 rings (SSSR count). The maximum Gasteiger partial charge on any atom is 0.196 e. The zero-order valence-corrected chi connectivity index (χ0v) is 14.3. The number of anilines is 1. The molecule has 1 aliphatic heterocycles. The van der Waals surface area contributed by atoms with Crippen LogP contribution in [0.25, 0.3) is 22.1 Å². The van der Waals surface area contributed by atoms with Crippen molar-refractivity contribution in [2.75, 3.05) is 32.1 Å². The number of halogens is 1. The fourth-order valence-corrected chi connectivity index (χ4v) is 3.45. The van der Waals surface area contributed by atoms with Crippen molar-refractivity contribution in [1.82, 2.24) is 14.9 Å². The van der Waals surface area contributed by atoms with E-state index in [0.717, 1.165) is 53.2 Å². The van der Waals surface area contributed by atoms with Gasteiger partial charge in [-0.25, -0.2) is 9.97 Å². The van der Waals surface area contributed by atoms with Gasteiger partial charge in [0.15, 0.2) is 11.4 Å². The van der Waals surface area contributed by atoms with E-state index in [1.54, 1.807) is 0 Å². The van der Waals surface area contributed by atoms with E-state index in [9.17, 15) is 0 Å². The Morgan fingerprint density at radius 2 is 2.13 bits per heavy atom. The van der Waals surface area contributed by atoms with Crippen molar-refractivity contribution in [2.24, 2.45) is 0 Å². The summed E-state index contributed by atoms with van der Waals surface area (Å²) in [6.07, 6.45) is 1.13. The molecule has 1 aliphatic rings. The third kappa shape index (κ3) is 2.44. The van der Waals surface area contributed by atoms with Gasteiger partial charge in [-0.05, 0) is 45.6 Å². The highest BCUT2D eigenvalue weighted by molar-refractivity contribution is 6.31. The molecule has 1 atom stereocenters. The number of benzene rings is 1. The lowest BCUT2D eigenvalue weighted by atomic mass is 10.2. The zero-order chi connectivity index (χ0) is 16.1. The lowest BCUT2D eigenvalue weighted by Gasteiger charge is -2.21. The molecule has 1 aromatic carbocycles. The van der Waals surface area contributed by atoms with E-state index >= 15 is 0 Å². The molecular weight excluding hydrogens is 312 g/mol. The Kier molecular flexibility index (Phi) is 3.43. The van der Waals surface area contributed by atoms with Crippen LogP contribution in [0.15, 0.2) is 22.6 Å². The van der Waals surface area contributed by atoms with E-state index in [1.807, 2.05) is 25.1 Å². The van der Waals surface area contributed by atoms with Crippen LogP contribution >= 0.6 is 11.6 Å². The number of fused-ring (bicyclic) bond motifs is 3. The Bertz CT molecular complexity index is 889. The first-order valence-electron chi connectivity index (χ1n) is 7.80. The maximum absolute atomic E-state index is 6.14. The molecule has 1 saturated heterocycles. The standard InChI is InChI=1S/C17H19ClN4O/c1-10-19-15-13-8-11(18)4-5-14(13)23-16(15)17(20-10)22-7-6-12(9-22)21(2)3/h4-5,8,12H,6-7,9H2,1-3H3/t12-/m1/s1. The van der Waals surface area contributed by atoms with Crippen molar-refractivity contribution >= 4 is 39.5 Å². The largest absolute Gasteiger partial charge is 0.450 e. The Hall–Kier alpha value is -1.85. The second kappa shape index (κ2) is 5.35. The number of likely N-dealkylation sites (N-methyl/N-ethyl adjacent to an activating group) is 1. The van der Waals surface area contributed by atoms with Gasteiger partial charge in [-0.3, -0.25) is 0 Å². The molecule has 1 fully saturated rings. The number of rotatable bonds is 2. The van der Waals surface area contributed by atoms with Crippen LogP contribution in [-0.4, -0.2) is 48.1 Å². The number of aryl methyl sites for hydroxylation is 1. The quantitative estimate of drug-likeness (QED) is 0.720. The van der Waals surface area contributed by atoms with Crippen molar-refractivity contribution in [3.63, 3.8) is 0 Å². The van der Waals surface area contributed by atoms with Crippen LogP contribution in [0.3, 0.4) is 0 Å². The van der Waals surface area contributed by atoms with Crippen LogP contribution in [0.1, 0.15) is 12.2 Å². The number of furan rings is 1. The van der Waals surface area contributed by atoms with Gasteiger partial charge in [0.05, 0.1) is 0 Å². The van der Waals surface area contributed by atoms with Gasteiger partial charge in [-0.1, -0.05) is 11.6 Å². The molecule has 0 radical (unpaired) electrons. The summed E-state index contributed by atoms with van der Waals surface area (Å²) >= 11 is 6.14. The van der Waals surface area contributed by atoms with Crippen LogP contribution < -0.4 is 4.90 Å². The lowest BCUT2D eigenvalue weighted by Crippen LogP contribution is -2.31. The SMILES string of the molecule is Cc1nc(N2CC[C@@H](N(C)C)C2)c2oc3ccc(Cl)cc3c2n1. The van der Waals surface area contributed by atoms with Gasteiger partial charge in [0, 0.05) is 29.5 Å². The molecule has 0 aliphatic carbocycles. The van der Waals surface area contributed by atoms with Crippen LogP contribution in [0.5, 0.6) is 0 Å². The van der Waals surface area contributed by atoms with Gasteiger partial charge in [-0.2, -0.15) is 0 Å². The molecule has 5 nitrogen and oxygen atoms in total. The molecule has 0 saturated carbocycles. The minimum absolute atomic E-state index is 0.541. The van der Waals surface area contributed by atoms with Crippen molar-refractivity contribution in [2.45, 2.75) is 19.4 Å².